The second-order valence-corrected chi connectivity index (χ2v) is 4.35. The Hall–Kier alpha value is -2.01. The molecule has 5 heteroatoms. The first-order chi connectivity index (χ1) is 9.28. The normalized spacial score (nSPS) is 9.95. The number of benzene rings is 1. The molecule has 0 saturated carbocycles. The number of thiocarbonyl (C=S) groups is 1. The van der Waals surface area contributed by atoms with Gasteiger partial charge in [-0.15, -0.1) is 0 Å². The molecule has 2 aromatic rings. The molecule has 19 heavy (non-hydrogen) atoms. The number of hydrogen-bond donors (Lipinski definition) is 2. The van der Waals surface area contributed by atoms with Crippen molar-refractivity contribution in [2.75, 3.05) is 19.0 Å². The van der Waals surface area contributed by atoms with Gasteiger partial charge in [-0.1, -0.05) is 6.07 Å². The van der Waals surface area contributed by atoms with Gasteiger partial charge < -0.3 is 19.8 Å². The third-order valence-corrected chi connectivity index (χ3v) is 2.81. The van der Waals surface area contributed by atoms with Gasteiger partial charge in [-0.05, 0) is 36.5 Å². The highest BCUT2D eigenvalue weighted by Gasteiger charge is 2.00. The molecule has 0 unspecified atom stereocenters. The summed E-state index contributed by atoms with van der Waals surface area (Å²) in [6.45, 7) is 0.726. The molecule has 0 aliphatic rings. The van der Waals surface area contributed by atoms with Gasteiger partial charge in [-0.3, -0.25) is 0 Å². The van der Waals surface area contributed by atoms with E-state index in [1.165, 1.54) is 0 Å². The van der Waals surface area contributed by atoms with Crippen molar-refractivity contribution in [3.63, 3.8) is 0 Å². The molecule has 2 N–H and O–H groups in total. The number of ether oxygens (including phenoxy) is 1. The third-order valence-electron chi connectivity index (χ3n) is 2.56. The fourth-order valence-corrected chi connectivity index (χ4v) is 1.85. The van der Waals surface area contributed by atoms with E-state index in [9.17, 15) is 0 Å². The van der Waals surface area contributed by atoms with Crippen LogP contribution in [0.5, 0.6) is 5.75 Å². The van der Waals surface area contributed by atoms with Gasteiger partial charge in [-0.2, -0.15) is 0 Å². The molecule has 1 heterocycles. The van der Waals surface area contributed by atoms with E-state index in [4.69, 9.17) is 21.4 Å². The zero-order valence-electron chi connectivity index (χ0n) is 10.7. The highest BCUT2D eigenvalue weighted by molar-refractivity contribution is 7.80. The van der Waals surface area contributed by atoms with Crippen molar-refractivity contribution < 1.29 is 9.15 Å². The van der Waals surface area contributed by atoms with E-state index in [2.05, 4.69) is 10.6 Å². The summed E-state index contributed by atoms with van der Waals surface area (Å²) in [6, 6.07) is 11.4. The van der Waals surface area contributed by atoms with E-state index < -0.39 is 0 Å². The third kappa shape index (κ3) is 4.30. The Balaban J connectivity index is 1.77. The van der Waals surface area contributed by atoms with Crippen molar-refractivity contribution in [1.82, 2.24) is 5.32 Å². The maximum Gasteiger partial charge on any atom is 0.170 e. The van der Waals surface area contributed by atoms with Crippen LogP contribution in [0, 0.1) is 0 Å². The average Bonchev–Trinajstić information content (AvgIpc) is 2.92. The second-order valence-electron chi connectivity index (χ2n) is 3.94. The minimum Gasteiger partial charge on any atom is -0.497 e. The van der Waals surface area contributed by atoms with Gasteiger partial charge in [0.2, 0.25) is 0 Å². The van der Waals surface area contributed by atoms with Gasteiger partial charge in [0, 0.05) is 24.7 Å². The molecule has 0 amide bonds. The Morgan fingerprint density at radius 2 is 2.21 bits per heavy atom. The van der Waals surface area contributed by atoms with Crippen LogP contribution in [0.4, 0.5) is 5.69 Å². The zero-order valence-corrected chi connectivity index (χ0v) is 11.5. The number of anilines is 1. The number of methoxy groups -OCH3 is 1. The van der Waals surface area contributed by atoms with Crippen molar-refractivity contribution in [3.05, 3.63) is 48.4 Å². The lowest BCUT2D eigenvalue weighted by Gasteiger charge is -2.10. The molecule has 0 spiro atoms. The minimum absolute atomic E-state index is 0.583. The zero-order chi connectivity index (χ0) is 13.5. The summed E-state index contributed by atoms with van der Waals surface area (Å²) < 4.78 is 10.4. The van der Waals surface area contributed by atoms with Crippen molar-refractivity contribution >= 4 is 23.0 Å². The van der Waals surface area contributed by atoms with Crippen LogP contribution in [0.15, 0.2) is 47.1 Å². The summed E-state index contributed by atoms with van der Waals surface area (Å²) in [7, 11) is 1.64. The van der Waals surface area contributed by atoms with E-state index >= 15 is 0 Å². The quantitative estimate of drug-likeness (QED) is 0.822. The predicted molar refractivity (Wildman–Crippen MR) is 79.6 cm³/mol. The summed E-state index contributed by atoms with van der Waals surface area (Å²) >= 11 is 5.22. The summed E-state index contributed by atoms with van der Waals surface area (Å²) in [5.74, 6) is 1.74. The molecular weight excluding hydrogens is 260 g/mol. The molecular formula is C14H16N2O2S. The highest BCUT2D eigenvalue weighted by atomic mass is 32.1. The van der Waals surface area contributed by atoms with Gasteiger partial charge in [0.15, 0.2) is 5.11 Å². The summed E-state index contributed by atoms with van der Waals surface area (Å²) in [5.41, 5.74) is 0.898. The van der Waals surface area contributed by atoms with Gasteiger partial charge in [-0.25, -0.2) is 0 Å². The molecule has 0 radical (unpaired) electrons. The van der Waals surface area contributed by atoms with Crippen LogP contribution in [0.2, 0.25) is 0 Å². The van der Waals surface area contributed by atoms with Crippen molar-refractivity contribution in [2.45, 2.75) is 6.42 Å². The fraction of sp³-hybridized carbons (Fsp3) is 0.214. The molecule has 0 aliphatic heterocycles. The molecule has 1 aromatic carbocycles. The lowest BCUT2D eigenvalue weighted by molar-refractivity contribution is 0.415. The van der Waals surface area contributed by atoms with E-state index in [0.717, 1.165) is 30.2 Å². The summed E-state index contributed by atoms with van der Waals surface area (Å²) in [6.07, 6.45) is 2.47. The van der Waals surface area contributed by atoms with E-state index in [1.807, 2.05) is 36.4 Å². The molecule has 0 bridgehead atoms. The number of nitrogens with one attached hydrogen (secondary N) is 2. The summed E-state index contributed by atoms with van der Waals surface area (Å²) in [5, 5.41) is 6.82. The van der Waals surface area contributed by atoms with Crippen molar-refractivity contribution in [3.8, 4) is 5.75 Å². The van der Waals surface area contributed by atoms with Gasteiger partial charge in [0.05, 0.1) is 13.4 Å². The predicted octanol–water partition coefficient (Wildman–Crippen LogP) is 2.82. The molecule has 100 valence electrons. The number of furan rings is 1. The topological polar surface area (TPSA) is 46.4 Å². The van der Waals surface area contributed by atoms with Gasteiger partial charge in [0.25, 0.3) is 0 Å². The van der Waals surface area contributed by atoms with Crippen molar-refractivity contribution in [1.29, 1.82) is 0 Å². The van der Waals surface area contributed by atoms with E-state index in [1.54, 1.807) is 13.4 Å². The number of rotatable bonds is 5. The molecule has 0 saturated heterocycles. The highest BCUT2D eigenvalue weighted by Crippen LogP contribution is 2.16. The standard InChI is InChI=1S/C14H16N2O2S/c1-17-13-5-2-4-11(10-13)16-14(19)15-8-7-12-6-3-9-18-12/h2-6,9-10H,7-8H2,1H3,(H2,15,16,19). The first-order valence-corrected chi connectivity index (χ1v) is 6.40. The Morgan fingerprint density at radius 1 is 1.32 bits per heavy atom. The lowest BCUT2D eigenvalue weighted by atomic mass is 10.3. The van der Waals surface area contributed by atoms with Crippen LogP contribution in [-0.4, -0.2) is 18.8 Å². The smallest absolute Gasteiger partial charge is 0.170 e. The molecule has 1 aromatic heterocycles. The van der Waals surface area contributed by atoms with Gasteiger partial charge >= 0.3 is 0 Å². The Bertz CT molecular complexity index is 526. The van der Waals surface area contributed by atoms with Crippen LogP contribution >= 0.6 is 12.2 Å². The lowest BCUT2D eigenvalue weighted by Crippen LogP contribution is -2.30. The first-order valence-electron chi connectivity index (χ1n) is 5.99. The van der Waals surface area contributed by atoms with E-state index in [-0.39, 0.29) is 0 Å². The monoisotopic (exact) mass is 276 g/mol. The fourth-order valence-electron chi connectivity index (χ4n) is 1.63. The van der Waals surface area contributed by atoms with Crippen LogP contribution < -0.4 is 15.4 Å². The van der Waals surface area contributed by atoms with Crippen LogP contribution in [-0.2, 0) is 6.42 Å². The SMILES string of the molecule is COc1cccc(NC(=S)NCCc2ccco2)c1. The Morgan fingerprint density at radius 3 is 2.95 bits per heavy atom. The van der Waals surface area contributed by atoms with Crippen LogP contribution in [0.25, 0.3) is 0 Å². The average molecular weight is 276 g/mol. The maximum absolute atomic E-state index is 5.24. The first kappa shape index (κ1) is 13.4. The molecule has 4 nitrogen and oxygen atoms in total. The maximum atomic E-state index is 5.24. The molecule has 2 rings (SSSR count). The Labute approximate surface area is 117 Å². The number of hydrogen-bond acceptors (Lipinski definition) is 3. The largest absolute Gasteiger partial charge is 0.497 e. The minimum atomic E-state index is 0.583. The molecule has 0 aliphatic carbocycles. The molecule has 0 atom stereocenters. The summed E-state index contributed by atoms with van der Waals surface area (Å²) in [4.78, 5) is 0. The van der Waals surface area contributed by atoms with Crippen LogP contribution in [0.3, 0.4) is 0 Å². The molecule has 0 fully saturated rings. The van der Waals surface area contributed by atoms with Crippen molar-refractivity contribution in [2.24, 2.45) is 0 Å². The second kappa shape index (κ2) is 6.80. The van der Waals surface area contributed by atoms with Gasteiger partial charge in [0.1, 0.15) is 11.5 Å². The van der Waals surface area contributed by atoms with Crippen LogP contribution in [0.1, 0.15) is 5.76 Å². The van der Waals surface area contributed by atoms with E-state index in [0.29, 0.717) is 5.11 Å². The Kier molecular flexibility index (Phi) is 4.80.